The predicted molar refractivity (Wildman–Crippen MR) is 260 cm³/mol. The van der Waals surface area contributed by atoms with Crippen LogP contribution in [0.1, 0.15) is 0 Å². The van der Waals surface area contributed by atoms with Gasteiger partial charge in [0.1, 0.15) is 16.8 Å². The van der Waals surface area contributed by atoms with E-state index in [9.17, 15) is 0 Å². The summed E-state index contributed by atoms with van der Waals surface area (Å²) in [6.45, 7) is 0. The van der Waals surface area contributed by atoms with Gasteiger partial charge in [-0.3, -0.25) is 0 Å². The van der Waals surface area contributed by atoms with Gasteiger partial charge in [0, 0.05) is 54.9 Å². The summed E-state index contributed by atoms with van der Waals surface area (Å²) in [5, 5.41) is 5.80. The van der Waals surface area contributed by atoms with Crippen LogP contribution in [0.5, 0.6) is 0 Å². The maximum Gasteiger partial charge on any atom is 0.180 e. The first kappa shape index (κ1) is 35.2. The summed E-state index contributed by atoms with van der Waals surface area (Å²) in [5.41, 5.74) is 16.0. The maximum absolute atomic E-state index is 6.72. The van der Waals surface area contributed by atoms with E-state index in [1.54, 1.807) is 0 Å². The van der Waals surface area contributed by atoms with Crippen molar-refractivity contribution >= 4 is 65.7 Å². The van der Waals surface area contributed by atoms with Crippen LogP contribution in [0.4, 0.5) is 0 Å². The van der Waals surface area contributed by atoms with Crippen molar-refractivity contribution in [2.24, 2.45) is 0 Å². The van der Waals surface area contributed by atoms with E-state index in [0.717, 1.165) is 83.5 Å². The molecule has 0 saturated carbocycles. The number of hydrogen-bond donors (Lipinski definition) is 0. The molecule has 0 fully saturated rings. The Morgan fingerprint density at radius 3 is 1.46 bits per heavy atom. The second kappa shape index (κ2) is 14.0. The van der Waals surface area contributed by atoms with Crippen LogP contribution >= 0.6 is 0 Å². The molecule has 13 rings (SSSR count). The third-order valence-corrected chi connectivity index (χ3v) is 12.5. The monoisotopic (exact) mass is 804 g/mol. The zero-order valence-corrected chi connectivity index (χ0v) is 34.0. The predicted octanol–water partition coefficient (Wildman–Crippen LogP) is 15.2. The van der Waals surface area contributed by atoms with Gasteiger partial charge in [0.05, 0.1) is 27.8 Å². The lowest BCUT2D eigenvalue weighted by Gasteiger charge is -2.21. The van der Waals surface area contributed by atoms with E-state index in [2.05, 4.69) is 191 Å². The van der Waals surface area contributed by atoms with Crippen molar-refractivity contribution in [2.75, 3.05) is 0 Å². The highest BCUT2D eigenvalue weighted by molar-refractivity contribution is 6.20. The van der Waals surface area contributed by atoms with Gasteiger partial charge in [-0.2, -0.15) is 0 Å². The minimum absolute atomic E-state index is 0.650. The number of rotatable bonds is 6. The average Bonchev–Trinajstić information content (AvgIpc) is 4.01. The molecule has 4 heterocycles. The molecule has 5 nitrogen and oxygen atoms in total. The Bertz CT molecular complexity index is 3820. The molecule has 0 saturated heterocycles. The minimum atomic E-state index is 0.650. The van der Waals surface area contributed by atoms with Gasteiger partial charge < -0.3 is 13.6 Å². The Labute approximate surface area is 362 Å². The van der Waals surface area contributed by atoms with Gasteiger partial charge in [-0.05, 0) is 71.8 Å². The summed E-state index contributed by atoms with van der Waals surface area (Å²) >= 11 is 0. The van der Waals surface area contributed by atoms with Gasteiger partial charge in [0.2, 0.25) is 0 Å². The number of fused-ring (bicyclic) bond motifs is 9. The molecule has 0 aliphatic rings. The largest absolute Gasteiger partial charge is 0.452 e. The van der Waals surface area contributed by atoms with Crippen LogP contribution in [0, 0.1) is 0 Å². The number of para-hydroxylation sites is 4. The summed E-state index contributed by atoms with van der Waals surface area (Å²) in [4.78, 5) is 10.5. The highest BCUT2D eigenvalue weighted by Gasteiger charge is 2.26. The molecule has 63 heavy (non-hydrogen) atoms. The van der Waals surface area contributed by atoms with Crippen molar-refractivity contribution in [3.8, 4) is 56.3 Å². The van der Waals surface area contributed by atoms with E-state index < -0.39 is 0 Å². The van der Waals surface area contributed by atoms with Crippen LogP contribution < -0.4 is 0 Å². The number of hydrogen-bond acceptors (Lipinski definition) is 3. The molecular weight excluding hydrogens is 769 g/mol. The van der Waals surface area contributed by atoms with Gasteiger partial charge >= 0.3 is 0 Å². The molecule has 0 unspecified atom stereocenters. The molecule has 13 aromatic rings. The highest BCUT2D eigenvalue weighted by Crippen LogP contribution is 2.47. The Morgan fingerprint density at radius 1 is 0.349 bits per heavy atom. The van der Waals surface area contributed by atoms with Crippen LogP contribution in [-0.4, -0.2) is 19.1 Å². The summed E-state index contributed by atoms with van der Waals surface area (Å²) in [5.74, 6) is 0.650. The van der Waals surface area contributed by atoms with E-state index in [0.29, 0.717) is 11.4 Å². The van der Waals surface area contributed by atoms with Crippen LogP contribution in [-0.2, 0) is 0 Å². The fourth-order valence-electron chi connectivity index (χ4n) is 9.72. The fraction of sp³-hybridized carbons (Fsp3) is 0. The summed E-state index contributed by atoms with van der Waals surface area (Å²) in [6.07, 6.45) is 0. The van der Waals surface area contributed by atoms with Crippen molar-refractivity contribution < 1.29 is 4.42 Å². The summed E-state index contributed by atoms with van der Waals surface area (Å²) in [6, 6.07) is 77.6. The minimum Gasteiger partial charge on any atom is -0.452 e. The molecule has 0 amide bonds. The number of nitrogens with zero attached hydrogens (tertiary/aromatic N) is 4. The second-order valence-corrected chi connectivity index (χ2v) is 16.1. The second-order valence-electron chi connectivity index (χ2n) is 16.1. The number of aromatic nitrogens is 4. The Hall–Kier alpha value is -8.54. The smallest absolute Gasteiger partial charge is 0.180 e. The van der Waals surface area contributed by atoms with Crippen molar-refractivity contribution in [1.82, 2.24) is 19.1 Å². The molecule has 9 aromatic carbocycles. The SMILES string of the molecule is c1ccc(-c2nc(-c3cc(-c4ccccc4)c(-n4c5ccccc5c5cc6c7ccccc7n(-c7ccccc7)c6cc54)c(-c4ccccc4)c3)c3oc4ccccc4c3n2)cc1. The van der Waals surface area contributed by atoms with Crippen LogP contribution in [0.15, 0.2) is 223 Å². The lowest BCUT2D eigenvalue weighted by molar-refractivity contribution is 0.667. The first-order valence-electron chi connectivity index (χ1n) is 21.3. The van der Waals surface area contributed by atoms with Crippen molar-refractivity contribution in [1.29, 1.82) is 0 Å². The Morgan fingerprint density at radius 2 is 0.841 bits per heavy atom. The molecule has 0 aliphatic heterocycles. The lowest BCUT2D eigenvalue weighted by atomic mass is 9.91. The lowest BCUT2D eigenvalue weighted by Crippen LogP contribution is -2.03. The standard InChI is InChI=1S/C58H36N4O/c1-5-19-37(20-6-1)45-33-40(54-57-55(44-29-15-18-32-53(44)63-57)60-58(59-54)39-23-9-3-10-24-39)34-46(38-21-7-2-8-22-38)56(45)62-50-31-17-14-28-43(50)48-35-47-42-27-13-16-30-49(42)61(51(47)36-52(48)62)41-25-11-4-12-26-41/h1-36H. The van der Waals surface area contributed by atoms with Crippen molar-refractivity contribution in [3.63, 3.8) is 0 Å². The maximum atomic E-state index is 6.72. The normalized spacial score (nSPS) is 11.8. The molecule has 4 aromatic heterocycles. The van der Waals surface area contributed by atoms with Crippen molar-refractivity contribution in [3.05, 3.63) is 218 Å². The zero-order chi connectivity index (χ0) is 41.4. The topological polar surface area (TPSA) is 48.8 Å². The van der Waals surface area contributed by atoms with E-state index in [1.165, 1.54) is 27.1 Å². The van der Waals surface area contributed by atoms with E-state index in [-0.39, 0.29) is 0 Å². The van der Waals surface area contributed by atoms with E-state index >= 15 is 0 Å². The average molecular weight is 805 g/mol. The molecule has 294 valence electrons. The molecule has 0 radical (unpaired) electrons. The molecule has 0 spiro atoms. The van der Waals surface area contributed by atoms with E-state index in [4.69, 9.17) is 14.4 Å². The molecule has 5 heteroatoms. The number of benzene rings is 9. The summed E-state index contributed by atoms with van der Waals surface area (Å²) < 4.78 is 11.6. The van der Waals surface area contributed by atoms with Crippen LogP contribution in [0.2, 0.25) is 0 Å². The van der Waals surface area contributed by atoms with Crippen molar-refractivity contribution in [2.45, 2.75) is 0 Å². The van der Waals surface area contributed by atoms with Gasteiger partial charge in [0.25, 0.3) is 0 Å². The van der Waals surface area contributed by atoms with E-state index in [1.807, 2.05) is 36.4 Å². The van der Waals surface area contributed by atoms with Crippen LogP contribution in [0.25, 0.3) is 122 Å². The third-order valence-electron chi connectivity index (χ3n) is 12.5. The van der Waals surface area contributed by atoms with Gasteiger partial charge in [-0.1, -0.05) is 158 Å². The third kappa shape index (κ3) is 5.50. The molecule has 0 N–H and O–H groups in total. The molecule has 0 aliphatic carbocycles. The molecular formula is C58H36N4O. The van der Waals surface area contributed by atoms with Gasteiger partial charge in [0.15, 0.2) is 11.4 Å². The molecule has 0 atom stereocenters. The quantitative estimate of drug-likeness (QED) is 0.168. The van der Waals surface area contributed by atoms with Crippen LogP contribution in [0.3, 0.4) is 0 Å². The van der Waals surface area contributed by atoms with Gasteiger partial charge in [-0.15, -0.1) is 0 Å². The Kier molecular flexibility index (Phi) is 7.84. The first-order valence-corrected chi connectivity index (χ1v) is 21.3. The zero-order valence-electron chi connectivity index (χ0n) is 34.0. The highest BCUT2D eigenvalue weighted by atomic mass is 16.3. The number of furan rings is 1. The summed E-state index contributed by atoms with van der Waals surface area (Å²) in [7, 11) is 0. The fourth-order valence-corrected chi connectivity index (χ4v) is 9.72. The van der Waals surface area contributed by atoms with Gasteiger partial charge in [-0.25, -0.2) is 9.97 Å². The Balaban J connectivity index is 1.19. The molecule has 0 bridgehead atoms. The first-order chi connectivity index (χ1) is 31.3.